The molecular formula is C16H15ClN2O2. The van der Waals surface area contributed by atoms with Gasteiger partial charge in [-0.05, 0) is 24.1 Å². The van der Waals surface area contributed by atoms with Gasteiger partial charge in [0, 0.05) is 42.4 Å². The maximum Gasteiger partial charge on any atom is 0.270 e. The van der Waals surface area contributed by atoms with E-state index in [1.54, 1.807) is 4.90 Å². The topological polar surface area (TPSA) is 53.2 Å². The average molecular weight is 303 g/mol. The Kier molecular flexibility index (Phi) is 3.80. The maximum absolute atomic E-state index is 12.4. The summed E-state index contributed by atoms with van der Waals surface area (Å²) in [5.41, 5.74) is 1.33. The molecule has 21 heavy (non-hydrogen) atoms. The van der Waals surface area contributed by atoms with E-state index in [1.165, 1.54) is 18.3 Å². The molecule has 3 rings (SSSR count). The summed E-state index contributed by atoms with van der Waals surface area (Å²) in [5.74, 6) is 0.167. The molecule has 1 fully saturated rings. The highest BCUT2D eigenvalue weighted by atomic mass is 35.5. The van der Waals surface area contributed by atoms with Gasteiger partial charge in [0.15, 0.2) is 5.43 Å². The van der Waals surface area contributed by atoms with Crippen LogP contribution in [0.5, 0.6) is 0 Å². The lowest BCUT2D eigenvalue weighted by Gasteiger charge is -2.16. The third-order valence-electron chi connectivity index (χ3n) is 3.80. The van der Waals surface area contributed by atoms with Gasteiger partial charge in [0.25, 0.3) is 5.91 Å². The highest BCUT2D eigenvalue weighted by molar-refractivity contribution is 6.30. The first-order valence-corrected chi connectivity index (χ1v) is 7.25. The lowest BCUT2D eigenvalue weighted by atomic mass is 9.99. The lowest BCUT2D eigenvalue weighted by Crippen LogP contribution is -2.29. The van der Waals surface area contributed by atoms with Crippen molar-refractivity contribution in [3.63, 3.8) is 0 Å². The molecule has 0 aliphatic carbocycles. The van der Waals surface area contributed by atoms with E-state index in [-0.39, 0.29) is 11.3 Å². The van der Waals surface area contributed by atoms with Crippen molar-refractivity contribution in [2.75, 3.05) is 13.1 Å². The minimum Gasteiger partial charge on any atom is -0.357 e. The van der Waals surface area contributed by atoms with Gasteiger partial charge in [0.1, 0.15) is 5.69 Å². The number of carbonyl (C=O) groups excluding carboxylic acids is 1. The fourth-order valence-electron chi connectivity index (χ4n) is 2.72. The zero-order valence-electron chi connectivity index (χ0n) is 11.4. The molecule has 0 saturated carbocycles. The number of rotatable bonds is 2. The Balaban J connectivity index is 1.75. The summed E-state index contributed by atoms with van der Waals surface area (Å²) in [4.78, 5) is 28.3. The number of nitrogens with one attached hydrogen (secondary N) is 1. The molecule has 1 aliphatic heterocycles. The number of carbonyl (C=O) groups is 1. The Hall–Kier alpha value is -2.07. The number of hydrogen-bond donors (Lipinski definition) is 1. The summed E-state index contributed by atoms with van der Waals surface area (Å²) < 4.78 is 0. The standard InChI is InChI=1S/C16H15ClN2O2/c17-13-3-1-2-11(8-13)12-5-7-19(10-12)16(21)15-9-14(20)4-6-18-15/h1-4,6,8-9,12H,5,7,10H2,(H,18,20). The Labute approximate surface area is 127 Å². The number of aromatic amines is 1. The summed E-state index contributed by atoms with van der Waals surface area (Å²) in [5, 5.41) is 0.713. The molecule has 1 amide bonds. The highest BCUT2D eigenvalue weighted by Crippen LogP contribution is 2.29. The van der Waals surface area contributed by atoms with E-state index in [9.17, 15) is 9.59 Å². The summed E-state index contributed by atoms with van der Waals surface area (Å²) in [6.45, 7) is 1.34. The maximum atomic E-state index is 12.4. The van der Waals surface area contributed by atoms with Crippen LogP contribution < -0.4 is 5.43 Å². The first-order chi connectivity index (χ1) is 10.1. The van der Waals surface area contributed by atoms with Gasteiger partial charge >= 0.3 is 0 Å². The van der Waals surface area contributed by atoms with Crippen molar-refractivity contribution in [1.29, 1.82) is 0 Å². The fraction of sp³-hybridized carbons (Fsp3) is 0.250. The van der Waals surface area contributed by atoms with Gasteiger partial charge < -0.3 is 9.88 Å². The van der Waals surface area contributed by atoms with E-state index in [2.05, 4.69) is 4.98 Å². The molecule has 1 saturated heterocycles. The van der Waals surface area contributed by atoms with Gasteiger partial charge in [0.2, 0.25) is 0 Å². The van der Waals surface area contributed by atoms with E-state index in [4.69, 9.17) is 11.6 Å². The number of pyridine rings is 1. The van der Waals surface area contributed by atoms with E-state index in [1.807, 2.05) is 24.3 Å². The third-order valence-corrected chi connectivity index (χ3v) is 4.03. The molecule has 1 aromatic carbocycles. The number of benzene rings is 1. The summed E-state index contributed by atoms with van der Waals surface area (Å²) in [6.07, 6.45) is 2.41. The predicted octanol–water partition coefficient (Wildman–Crippen LogP) is 2.66. The van der Waals surface area contributed by atoms with Crippen molar-refractivity contribution in [1.82, 2.24) is 9.88 Å². The smallest absolute Gasteiger partial charge is 0.270 e. The average Bonchev–Trinajstić information content (AvgIpc) is 2.96. The number of likely N-dealkylation sites (tertiary alicyclic amines) is 1. The summed E-state index contributed by atoms with van der Waals surface area (Å²) in [6, 6.07) is 10.5. The zero-order chi connectivity index (χ0) is 14.8. The highest BCUT2D eigenvalue weighted by Gasteiger charge is 2.28. The number of H-pyrrole nitrogens is 1. The summed E-state index contributed by atoms with van der Waals surface area (Å²) >= 11 is 6.02. The second kappa shape index (κ2) is 5.74. The van der Waals surface area contributed by atoms with Gasteiger partial charge in [-0.1, -0.05) is 23.7 Å². The Bertz CT molecular complexity index is 726. The Morgan fingerprint density at radius 3 is 2.90 bits per heavy atom. The monoisotopic (exact) mass is 302 g/mol. The van der Waals surface area contributed by atoms with Crippen molar-refractivity contribution >= 4 is 17.5 Å². The molecular weight excluding hydrogens is 288 g/mol. The van der Waals surface area contributed by atoms with Crippen LogP contribution in [0.15, 0.2) is 47.4 Å². The SMILES string of the molecule is O=C(c1cc(=O)cc[nH]1)N1CCC(c2cccc(Cl)c2)C1. The molecule has 0 radical (unpaired) electrons. The first kappa shape index (κ1) is 13.9. The molecule has 2 aromatic rings. The third kappa shape index (κ3) is 3.00. The molecule has 108 valence electrons. The van der Waals surface area contributed by atoms with Crippen LogP contribution >= 0.6 is 11.6 Å². The van der Waals surface area contributed by atoms with Crippen LogP contribution in [-0.4, -0.2) is 28.9 Å². The normalized spacial score (nSPS) is 18.0. The van der Waals surface area contributed by atoms with Crippen LogP contribution in [-0.2, 0) is 0 Å². The molecule has 1 aromatic heterocycles. The van der Waals surface area contributed by atoms with Crippen molar-refractivity contribution in [3.8, 4) is 0 Å². The fourth-order valence-corrected chi connectivity index (χ4v) is 2.92. The van der Waals surface area contributed by atoms with E-state index >= 15 is 0 Å². The molecule has 5 heteroatoms. The number of nitrogens with zero attached hydrogens (tertiary/aromatic N) is 1. The second-order valence-corrected chi connectivity index (χ2v) is 5.67. The van der Waals surface area contributed by atoms with Crippen molar-refractivity contribution in [2.24, 2.45) is 0 Å². The van der Waals surface area contributed by atoms with E-state index in [0.29, 0.717) is 29.7 Å². The second-order valence-electron chi connectivity index (χ2n) is 5.23. The van der Waals surface area contributed by atoms with Crippen molar-refractivity contribution < 1.29 is 4.79 Å². The van der Waals surface area contributed by atoms with Crippen molar-refractivity contribution in [3.05, 3.63) is 69.1 Å². The van der Waals surface area contributed by atoms with Crippen LogP contribution in [0.4, 0.5) is 0 Å². The van der Waals surface area contributed by atoms with Gasteiger partial charge in [-0.3, -0.25) is 9.59 Å². The minimum absolute atomic E-state index is 0.128. The van der Waals surface area contributed by atoms with Gasteiger partial charge in [-0.2, -0.15) is 0 Å². The quantitative estimate of drug-likeness (QED) is 0.927. The molecule has 4 nitrogen and oxygen atoms in total. The Morgan fingerprint density at radius 1 is 1.29 bits per heavy atom. The van der Waals surface area contributed by atoms with E-state index in [0.717, 1.165) is 12.0 Å². The molecule has 2 heterocycles. The molecule has 1 N–H and O–H groups in total. The van der Waals surface area contributed by atoms with Gasteiger partial charge in [-0.15, -0.1) is 0 Å². The van der Waals surface area contributed by atoms with Crippen LogP contribution in [0, 0.1) is 0 Å². The summed E-state index contributed by atoms with van der Waals surface area (Å²) in [7, 11) is 0. The van der Waals surface area contributed by atoms with Crippen LogP contribution in [0.25, 0.3) is 0 Å². The predicted molar refractivity (Wildman–Crippen MR) is 81.8 cm³/mol. The van der Waals surface area contributed by atoms with Gasteiger partial charge in [0.05, 0.1) is 0 Å². The first-order valence-electron chi connectivity index (χ1n) is 6.87. The Morgan fingerprint density at radius 2 is 2.14 bits per heavy atom. The zero-order valence-corrected chi connectivity index (χ0v) is 12.1. The molecule has 1 unspecified atom stereocenters. The number of halogens is 1. The largest absolute Gasteiger partial charge is 0.357 e. The lowest BCUT2D eigenvalue weighted by molar-refractivity contribution is 0.0785. The molecule has 1 atom stereocenters. The van der Waals surface area contributed by atoms with E-state index < -0.39 is 0 Å². The molecule has 0 bridgehead atoms. The minimum atomic E-state index is -0.164. The molecule has 0 spiro atoms. The van der Waals surface area contributed by atoms with Crippen LogP contribution in [0.3, 0.4) is 0 Å². The number of amides is 1. The molecule has 1 aliphatic rings. The van der Waals surface area contributed by atoms with Gasteiger partial charge in [-0.25, -0.2) is 0 Å². The number of hydrogen-bond acceptors (Lipinski definition) is 2. The van der Waals surface area contributed by atoms with Crippen molar-refractivity contribution in [2.45, 2.75) is 12.3 Å². The van der Waals surface area contributed by atoms with Crippen LogP contribution in [0.1, 0.15) is 28.4 Å². The van der Waals surface area contributed by atoms with Crippen LogP contribution in [0.2, 0.25) is 5.02 Å². The number of aromatic nitrogens is 1.